The molecule has 0 radical (unpaired) electrons. The van der Waals surface area contributed by atoms with Crippen LogP contribution < -0.4 is 4.90 Å². The molecular formula is C18H20NO3S-. The first-order valence-corrected chi connectivity index (χ1v) is 9.22. The summed E-state index contributed by atoms with van der Waals surface area (Å²) < 4.78 is 32.6. The van der Waals surface area contributed by atoms with Crippen molar-refractivity contribution in [3.8, 4) is 0 Å². The summed E-state index contributed by atoms with van der Waals surface area (Å²) >= 11 is 0. The molecule has 0 amide bonds. The van der Waals surface area contributed by atoms with Crippen LogP contribution in [0.15, 0.2) is 48.7 Å². The van der Waals surface area contributed by atoms with E-state index in [1.54, 1.807) is 0 Å². The normalized spacial score (nSPS) is 16.8. The highest BCUT2D eigenvalue weighted by molar-refractivity contribution is 7.85. The van der Waals surface area contributed by atoms with E-state index in [0.29, 0.717) is 13.0 Å². The van der Waals surface area contributed by atoms with Gasteiger partial charge in [-0.2, -0.15) is 0 Å². The maximum absolute atomic E-state index is 10.9. The van der Waals surface area contributed by atoms with E-state index in [1.165, 1.54) is 5.56 Å². The smallest absolute Gasteiger partial charge is 0.0946 e. The van der Waals surface area contributed by atoms with Gasteiger partial charge in [-0.05, 0) is 17.4 Å². The van der Waals surface area contributed by atoms with Crippen LogP contribution in [0, 0.1) is 0 Å². The predicted molar refractivity (Wildman–Crippen MR) is 92.6 cm³/mol. The molecule has 2 aromatic carbocycles. The van der Waals surface area contributed by atoms with Crippen LogP contribution in [0.2, 0.25) is 0 Å². The number of benzene rings is 2. The SMILES string of the molecule is C=C1N(CCCS(=O)(=O)[O-])c2c(ccc3ccccc23)C1(C)C. The Morgan fingerprint density at radius 3 is 2.57 bits per heavy atom. The van der Waals surface area contributed by atoms with Gasteiger partial charge in [-0.1, -0.05) is 56.8 Å². The first-order chi connectivity index (χ1) is 10.7. The number of nitrogens with zero attached hydrogens (tertiary/aromatic N) is 1. The molecule has 4 nitrogen and oxygen atoms in total. The highest BCUT2D eigenvalue weighted by Gasteiger charge is 2.39. The molecule has 0 fully saturated rings. The fourth-order valence-corrected chi connectivity index (χ4v) is 3.81. The van der Waals surface area contributed by atoms with Crippen LogP contribution in [0.3, 0.4) is 0 Å². The van der Waals surface area contributed by atoms with Crippen molar-refractivity contribution in [1.82, 2.24) is 0 Å². The van der Waals surface area contributed by atoms with Gasteiger partial charge in [-0.25, -0.2) is 8.42 Å². The summed E-state index contributed by atoms with van der Waals surface area (Å²) in [5.74, 6) is -0.350. The van der Waals surface area contributed by atoms with Crippen molar-refractivity contribution in [2.75, 3.05) is 17.2 Å². The van der Waals surface area contributed by atoms with Crippen LogP contribution in [-0.2, 0) is 15.5 Å². The number of rotatable bonds is 4. The molecule has 0 atom stereocenters. The Morgan fingerprint density at radius 2 is 1.87 bits per heavy atom. The lowest BCUT2D eigenvalue weighted by atomic mass is 9.84. The molecule has 1 aliphatic heterocycles. The van der Waals surface area contributed by atoms with E-state index in [4.69, 9.17) is 0 Å². The second-order valence-electron chi connectivity index (χ2n) is 6.52. The van der Waals surface area contributed by atoms with Gasteiger partial charge in [-0.3, -0.25) is 0 Å². The summed E-state index contributed by atoms with van der Waals surface area (Å²) in [7, 11) is -4.19. The molecule has 0 saturated carbocycles. The van der Waals surface area contributed by atoms with Gasteiger partial charge in [0.05, 0.1) is 15.8 Å². The van der Waals surface area contributed by atoms with Crippen LogP contribution in [0.4, 0.5) is 5.69 Å². The van der Waals surface area contributed by atoms with E-state index in [1.807, 2.05) is 12.1 Å². The summed E-state index contributed by atoms with van der Waals surface area (Å²) in [5.41, 5.74) is 3.00. The average molecular weight is 330 g/mol. The number of hydrogen-bond donors (Lipinski definition) is 0. The zero-order valence-electron chi connectivity index (χ0n) is 13.4. The van der Waals surface area contributed by atoms with Crippen LogP contribution in [0.25, 0.3) is 10.8 Å². The topological polar surface area (TPSA) is 60.4 Å². The molecule has 1 heterocycles. The minimum atomic E-state index is -4.19. The molecule has 122 valence electrons. The van der Waals surface area contributed by atoms with Gasteiger partial charge in [0, 0.05) is 28.8 Å². The zero-order chi connectivity index (χ0) is 16.8. The molecule has 5 heteroatoms. The van der Waals surface area contributed by atoms with Crippen LogP contribution in [0.1, 0.15) is 25.8 Å². The molecular weight excluding hydrogens is 310 g/mol. The lowest BCUT2D eigenvalue weighted by Crippen LogP contribution is -2.27. The monoisotopic (exact) mass is 330 g/mol. The van der Waals surface area contributed by atoms with E-state index in [-0.39, 0.29) is 11.2 Å². The number of anilines is 1. The van der Waals surface area contributed by atoms with Crippen molar-refractivity contribution in [3.63, 3.8) is 0 Å². The molecule has 3 rings (SSSR count). The summed E-state index contributed by atoms with van der Waals surface area (Å²) in [6.07, 6.45) is 0.295. The van der Waals surface area contributed by atoms with Gasteiger partial charge in [0.15, 0.2) is 0 Å². The van der Waals surface area contributed by atoms with Crippen molar-refractivity contribution in [2.24, 2.45) is 0 Å². The summed E-state index contributed by atoms with van der Waals surface area (Å²) in [5, 5.41) is 2.26. The molecule has 0 aliphatic carbocycles. The maximum Gasteiger partial charge on any atom is 0.0946 e. The highest BCUT2D eigenvalue weighted by atomic mass is 32.2. The van der Waals surface area contributed by atoms with Gasteiger partial charge in [0.2, 0.25) is 0 Å². The Hall–Kier alpha value is -1.85. The Morgan fingerprint density at radius 1 is 1.17 bits per heavy atom. The Bertz CT molecular complexity index is 884. The molecule has 0 aromatic heterocycles. The Labute approximate surface area is 137 Å². The van der Waals surface area contributed by atoms with Gasteiger partial charge in [-0.15, -0.1) is 0 Å². The van der Waals surface area contributed by atoms with E-state index in [2.05, 4.69) is 49.6 Å². The van der Waals surface area contributed by atoms with E-state index in [0.717, 1.165) is 22.2 Å². The van der Waals surface area contributed by atoms with Gasteiger partial charge in [0.1, 0.15) is 0 Å². The minimum Gasteiger partial charge on any atom is -0.748 e. The highest BCUT2D eigenvalue weighted by Crippen LogP contribution is 2.49. The summed E-state index contributed by atoms with van der Waals surface area (Å²) in [6, 6.07) is 12.3. The quantitative estimate of drug-likeness (QED) is 0.806. The predicted octanol–water partition coefficient (Wildman–Crippen LogP) is 3.39. The third-order valence-corrected chi connectivity index (χ3v) is 5.46. The molecule has 2 aromatic rings. The fourth-order valence-electron chi connectivity index (χ4n) is 3.32. The lowest BCUT2D eigenvalue weighted by Gasteiger charge is -2.26. The average Bonchev–Trinajstić information content (AvgIpc) is 2.67. The van der Waals surface area contributed by atoms with Crippen molar-refractivity contribution in [3.05, 3.63) is 54.2 Å². The van der Waals surface area contributed by atoms with Gasteiger partial charge in [0.25, 0.3) is 0 Å². The van der Waals surface area contributed by atoms with E-state index < -0.39 is 10.1 Å². The second kappa shape index (κ2) is 5.35. The minimum absolute atomic E-state index is 0.213. The van der Waals surface area contributed by atoms with Crippen molar-refractivity contribution in [2.45, 2.75) is 25.7 Å². The fraction of sp³-hybridized carbons (Fsp3) is 0.333. The van der Waals surface area contributed by atoms with Crippen LogP contribution in [-0.4, -0.2) is 25.3 Å². The standard InChI is InChI=1S/C18H21NO3S/c1-13-18(2,3)16-10-9-14-7-4-5-8-15(14)17(16)19(13)11-6-12-23(20,21)22/h4-5,7-10H,1,6,11-12H2,2-3H3,(H,20,21,22)/p-1. The third kappa shape index (κ3) is 2.75. The molecule has 23 heavy (non-hydrogen) atoms. The van der Waals surface area contributed by atoms with Crippen molar-refractivity contribution >= 4 is 26.6 Å². The van der Waals surface area contributed by atoms with Crippen LogP contribution in [0.5, 0.6) is 0 Å². The largest absolute Gasteiger partial charge is 0.748 e. The molecule has 0 N–H and O–H groups in total. The molecule has 0 saturated heterocycles. The number of hydrogen-bond acceptors (Lipinski definition) is 4. The second-order valence-corrected chi connectivity index (χ2v) is 8.05. The summed E-state index contributed by atoms with van der Waals surface area (Å²) in [6.45, 7) is 8.94. The number of allylic oxidation sites excluding steroid dienone is 1. The molecule has 0 spiro atoms. The lowest BCUT2D eigenvalue weighted by molar-refractivity contribution is 0.461. The summed E-state index contributed by atoms with van der Waals surface area (Å²) in [4.78, 5) is 2.07. The first kappa shape index (κ1) is 16.0. The first-order valence-electron chi connectivity index (χ1n) is 7.64. The Kier molecular flexibility index (Phi) is 3.73. The third-order valence-electron chi connectivity index (χ3n) is 4.67. The zero-order valence-corrected chi connectivity index (χ0v) is 14.2. The van der Waals surface area contributed by atoms with Crippen molar-refractivity contribution in [1.29, 1.82) is 0 Å². The maximum atomic E-state index is 10.9. The molecule has 0 unspecified atom stereocenters. The van der Waals surface area contributed by atoms with Crippen molar-refractivity contribution < 1.29 is 13.0 Å². The van der Waals surface area contributed by atoms with E-state index >= 15 is 0 Å². The Balaban J connectivity index is 2.06. The molecule has 1 aliphatic rings. The van der Waals surface area contributed by atoms with Gasteiger partial charge < -0.3 is 9.45 Å². The molecule has 0 bridgehead atoms. The van der Waals surface area contributed by atoms with E-state index in [9.17, 15) is 13.0 Å². The van der Waals surface area contributed by atoms with Gasteiger partial charge >= 0.3 is 0 Å². The van der Waals surface area contributed by atoms with Crippen LogP contribution >= 0.6 is 0 Å². The number of fused-ring (bicyclic) bond motifs is 3.